The molecule has 2 unspecified atom stereocenters. The number of carbonyl (C=O) groups is 1. The Bertz CT molecular complexity index is 541. The Morgan fingerprint density at radius 1 is 1.26 bits per heavy atom. The molecule has 1 N–H and O–H groups in total. The number of para-hydroxylation sites is 1. The summed E-state index contributed by atoms with van der Waals surface area (Å²) in [4.78, 5) is 13.3. The Hall–Kier alpha value is -1.56. The smallest absolute Gasteiger partial charge is 0.315 e. The Morgan fingerprint density at radius 3 is 2.63 bits per heavy atom. The van der Waals surface area contributed by atoms with Gasteiger partial charge >= 0.3 is 6.18 Å². The van der Waals surface area contributed by atoms with Crippen LogP contribution in [0.1, 0.15) is 17.0 Å². The Morgan fingerprint density at radius 2 is 1.95 bits per heavy atom. The zero-order valence-electron chi connectivity index (χ0n) is 10.3. The Balaban J connectivity index is 2.22. The quantitative estimate of drug-likeness (QED) is 0.782. The molecule has 102 valence electrons. The Kier molecular flexibility index (Phi) is 2.60. The molecule has 0 aromatic heterocycles. The van der Waals surface area contributed by atoms with Crippen LogP contribution in [0.3, 0.4) is 0 Å². The molecule has 1 fully saturated rings. The number of alkyl halides is 3. The zero-order chi connectivity index (χ0) is 13.8. The third kappa shape index (κ3) is 1.74. The third-order valence-electron chi connectivity index (χ3n) is 3.97. The molecule has 2 heterocycles. The van der Waals surface area contributed by atoms with E-state index in [-0.39, 0.29) is 23.4 Å². The zero-order valence-corrected chi connectivity index (χ0v) is 10.3. The minimum Gasteiger partial charge on any atom is -0.315 e. The molecular weight excluding hydrogens is 257 g/mol. The van der Waals surface area contributed by atoms with Gasteiger partial charge in [-0.15, -0.1) is 0 Å². The van der Waals surface area contributed by atoms with Gasteiger partial charge in [0.1, 0.15) is 0 Å². The first kappa shape index (κ1) is 12.5. The average Bonchev–Trinajstić information content (AvgIpc) is 2.83. The minimum absolute atomic E-state index is 0.0185. The molecule has 0 spiro atoms. The second-order valence-electron chi connectivity index (χ2n) is 5.01. The van der Waals surface area contributed by atoms with Crippen LogP contribution in [0.15, 0.2) is 18.2 Å². The minimum atomic E-state index is -4.45. The van der Waals surface area contributed by atoms with Gasteiger partial charge in [0.25, 0.3) is 0 Å². The number of halogens is 3. The van der Waals surface area contributed by atoms with Crippen LogP contribution in [0.25, 0.3) is 0 Å². The number of anilines is 1. The maximum Gasteiger partial charge on any atom is 0.418 e. The first-order chi connectivity index (χ1) is 8.91. The SMILES string of the molecule is CN1C(=O)C2CNCC2c2cccc(C(F)(F)F)c21. The van der Waals surface area contributed by atoms with E-state index in [2.05, 4.69) is 5.32 Å². The van der Waals surface area contributed by atoms with Gasteiger partial charge in [-0.3, -0.25) is 4.79 Å². The topological polar surface area (TPSA) is 32.3 Å². The molecule has 0 bridgehead atoms. The molecule has 0 radical (unpaired) electrons. The number of nitrogens with zero attached hydrogens (tertiary/aromatic N) is 1. The molecule has 0 saturated carbocycles. The van der Waals surface area contributed by atoms with Gasteiger partial charge < -0.3 is 10.2 Å². The highest BCUT2D eigenvalue weighted by Crippen LogP contribution is 2.46. The predicted octanol–water partition coefficient (Wildman–Crippen LogP) is 1.98. The van der Waals surface area contributed by atoms with Gasteiger partial charge in [0.05, 0.1) is 17.2 Å². The van der Waals surface area contributed by atoms with Gasteiger partial charge in [0.2, 0.25) is 5.91 Å². The van der Waals surface area contributed by atoms with Gasteiger partial charge in [0, 0.05) is 26.1 Å². The van der Waals surface area contributed by atoms with Crippen LogP contribution in [-0.4, -0.2) is 26.0 Å². The number of hydrogen-bond donors (Lipinski definition) is 1. The van der Waals surface area contributed by atoms with Crippen LogP contribution in [0.5, 0.6) is 0 Å². The molecule has 2 atom stereocenters. The van der Waals surface area contributed by atoms with Crippen molar-refractivity contribution in [2.24, 2.45) is 5.92 Å². The summed E-state index contributed by atoms with van der Waals surface area (Å²) in [5.41, 5.74) is -0.0944. The molecule has 1 saturated heterocycles. The van der Waals surface area contributed by atoms with Crippen molar-refractivity contribution in [3.8, 4) is 0 Å². The third-order valence-corrected chi connectivity index (χ3v) is 3.97. The van der Waals surface area contributed by atoms with Crippen molar-refractivity contribution < 1.29 is 18.0 Å². The molecule has 19 heavy (non-hydrogen) atoms. The van der Waals surface area contributed by atoms with Crippen molar-refractivity contribution in [3.05, 3.63) is 29.3 Å². The molecule has 3 rings (SSSR count). The number of fused-ring (bicyclic) bond motifs is 3. The van der Waals surface area contributed by atoms with Gasteiger partial charge in [0.15, 0.2) is 0 Å². The molecular formula is C13H13F3N2O. The first-order valence-electron chi connectivity index (χ1n) is 6.09. The van der Waals surface area contributed by atoms with E-state index in [4.69, 9.17) is 0 Å². The summed E-state index contributed by atoms with van der Waals surface area (Å²) in [6.07, 6.45) is -4.45. The highest BCUT2D eigenvalue weighted by molar-refractivity contribution is 6.00. The summed E-state index contributed by atoms with van der Waals surface area (Å²) in [5, 5.41) is 3.09. The maximum absolute atomic E-state index is 13.1. The van der Waals surface area contributed by atoms with E-state index in [1.807, 2.05) is 0 Å². The summed E-state index contributed by atoms with van der Waals surface area (Å²) in [6.45, 7) is 1.09. The van der Waals surface area contributed by atoms with E-state index in [1.165, 1.54) is 13.1 Å². The molecule has 2 aliphatic rings. The molecule has 3 nitrogen and oxygen atoms in total. The number of benzene rings is 1. The van der Waals surface area contributed by atoms with Gasteiger partial charge in [-0.05, 0) is 11.6 Å². The summed E-state index contributed by atoms with van der Waals surface area (Å²) in [6, 6.07) is 4.14. The van der Waals surface area contributed by atoms with Crippen LogP contribution >= 0.6 is 0 Å². The predicted molar refractivity (Wildman–Crippen MR) is 64.0 cm³/mol. The summed E-state index contributed by atoms with van der Waals surface area (Å²) in [7, 11) is 1.42. The van der Waals surface area contributed by atoms with Crippen LogP contribution < -0.4 is 10.2 Å². The molecule has 6 heteroatoms. The average molecular weight is 270 g/mol. The lowest BCUT2D eigenvalue weighted by atomic mass is 9.82. The van der Waals surface area contributed by atoms with Crippen LogP contribution in [-0.2, 0) is 11.0 Å². The fraction of sp³-hybridized carbons (Fsp3) is 0.462. The highest BCUT2D eigenvalue weighted by atomic mass is 19.4. The highest BCUT2D eigenvalue weighted by Gasteiger charge is 2.45. The van der Waals surface area contributed by atoms with Gasteiger partial charge in [-0.25, -0.2) is 0 Å². The van der Waals surface area contributed by atoms with E-state index < -0.39 is 11.7 Å². The van der Waals surface area contributed by atoms with Crippen molar-refractivity contribution in [1.82, 2.24) is 5.32 Å². The first-order valence-corrected chi connectivity index (χ1v) is 6.09. The van der Waals surface area contributed by atoms with Crippen molar-refractivity contribution in [1.29, 1.82) is 0 Å². The van der Waals surface area contributed by atoms with Crippen LogP contribution in [0.4, 0.5) is 18.9 Å². The lowest BCUT2D eigenvalue weighted by Crippen LogP contribution is -2.41. The fourth-order valence-electron chi connectivity index (χ4n) is 3.09. The molecule has 1 aromatic rings. The summed E-state index contributed by atoms with van der Waals surface area (Å²) in [5.74, 6) is -0.638. The Labute approximate surface area is 108 Å². The van der Waals surface area contributed by atoms with E-state index >= 15 is 0 Å². The van der Waals surface area contributed by atoms with Crippen molar-refractivity contribution >= 4 is 11.6 Å². The van der Waals surface area contributed by atoms with E-state index in [0.717, 1.165) is 11.0 Å². The van der Waals surface area contributed by atoms with E-state index in [1.54, 1.807) is 6.07 Å². The van der Waals surface area contributed by atoms with Crippen LogP contribution in [0.2, 0.25) is 0 Å². The van der Waals surface area contributed by atoms with E-state index in [9.17, 15) is 18.0 Å². The number of amides is 1. The van der Waals surface area contributed by atoms with Crippen molar-refractivity contribution in [2.45, 2.75) is 12.1 Å². The number of nitrogens with one attached hydrogen (secondary N) is 1. The van der Waals surface area contributed by atoms with E-state index in [0.29, 0.717) is 18.7 Å². The van der Waals surface area contributed by atoms with Crippen LogP contribution in [0, 0.1) is 5.92 Å². The van der Waals surface area contributed by atoms with Gasteiger partial charge in [-0.2, -0.15) is 13.2 Å². The second kappa shape index (κ2) is 3.96. The summed E-state index contributed by atoms with van der Waals surface area (Å²) < 4.78 is 39.2. The molecule has 1 amide bonds. The van der Waals surface area contributed by atoms with Crippen molar-refractivity contribution in [3.63, 3.8) is 0 Å². The number of rotatable bonds is 0. The molecule has 1 aromatic carbocycles. The lowest BCUT2D eigenvalue weighted by Gasteiger charge is -2.35. The normalized spacial score (nSPS) is 26.3. The fourth-order valence-corrected chi connectivity index (χ4v) is 3.09. The van der Waals surface area contributed by atoms with Crippen molar-refractivity contribution in [2.75, 3.05) is 25.0 Å². The molecule has 0 aliphatic carbocycles. The molecule has 2 aliphatic heterocycles. The maximum atomic E-state index is 13.1. The number of hydrogen-bond acceptors (Lipinski definition) is 2. The lowest BCUT2D eigenvalue weighted by molar-refractivity contribution is -0.137. The monoisotopic (exact) mass is 270 g/mol. The summed E-state index contributed by atoms with van der Waals surface area (Å²) >= 11 is 0. The van der Waals surface area contributed by atoms with Gasteiger partial charge in [-0.1, -0.05) is 12.1 Å². The second-order valence-corrected chi connectivity index (χ2v) is 5.01. The largest absolute Gasteiger partial charge is 0.418 e. The standard InChI is InChI=1S/C13H13F3N2O/c1-18-11-7(3-2-4-10(11)13(14,15)16)8-5-17-6-9(8)12(18)19/h2-4,8-9,17H,5-6H2,1H3. The number of carbonyl (C=O) groups excluding carboxylic acids is 1.